The molecule has 0 bridgehead atoms. The van der Waals surface area contributed by atoms with E-state index < -0.39 is 0 Å². The van der Waals surface area contributed by atoms with Crippen LogP contribution in [0.4, 0.5) is 0 Å². The molecule has 0 aliphatic carbocycles. The molecule has 2 heterocycles. The first kappa shape index (κ1) is 17.1. The maximum Gasteiger partial charge on any atom is 0.289 e. The second-order valence-electron chi connectivity index (χ2n) is 6.11. The molecule has 25 heavy (non-hydrogen) atoms. The summed E-state index contributed by atoms with van der Waals surface area (Å²) in [6.07, 6.45) is 2.82. The molecule has 2 aromatic rings. The van der Waals surface area contributed by atoms with Crippen LogP contribution in [-0.2, 0) is 11.3 Å². The second-order valence-corrected chi connectivity index (χ2v) is 6.11. The number of ether oxygens (including phenoxy) is 1. The number of furan rings is 1. The van der Waals surface area contributed by atoms with Gasteiger partial charge in [-0.25, -0.2) is 0 Å². The van der Waals surface area contributed by atoms with E-state index in [4.69, 9.17) is 9.15 Å². The van der Waals surface area contributed by atoms with Gasteiger partial charge in [0.15, 0.2) is 5.76 Å². The van der Waals surface area contributed by atoms with Crippen molar-refractivity contribution in [2.45, 2.75) is 19.4 Å². The number of hydrogen-bond acceptors (Lipinski definition) is 4. The molecule has 0 atom stereocenters. The van der Waals surface area contributed by atoms with Gasteiger partial charge in [-0.3, -0.25) is 9.59 Å². The molecule has 3 rings (SSSR count). The highest BCUT2D eigenvalue weighted by atomic mass is 16.5. The number of methoxy groups -OCH3 is 1. The summed E-state index contributed by atoms with van der Waals surface area (Å²) in [6.45, 7) is 1.61. The molecule has 0 spiro atoms. The smallest absolute Gasteiger partial charge is 0.289 e. The summed E-state index contributed by atoms with van der Waals surface area (Å²) in [6, 6.07) is 11.0. The van der Waals surface area contributed by atoms with Crippen LogP contribution in [0.3, 0.4) is 0 Å². The molecule has 1 aromatic heterocycles. The number of likely N-dealkylation sites (tertiary alicyclic amines) is 1. The van der Waals surface area contributed by atoms with E-state index in [2.05, 4.69) is 5.32 Å². The van der Waals surface area contributed by atoms with E-state index in [1.165, 1.54) is 6.26 Å². The molecule has 2 amide bonds. The Bertz CT molecular complexity index is 719. The third kappa shape index (κ3) is 4.21. The van der Waals surface area contributed by atoms with E-state index in [9.17, 15) is 9.59 Å². The number of hydrogen-bond donors (Lipinski definition) is 1. The molecule has 132 valence electrons. The first-order valence-corrected chi connectivity index (χ1v) is 8.41. The van der Waals surface area contributed by atoms with Gasteiger partial charge in [0.05, 0.1) is 13.4 Å². The lowest BCUT2D eigenvalue weighted by atomic mass is 9.95. The van der Waals surface area contributed by atoms with Crippen LogP contribution in [0.2, 0.25) is 0 Å². The zero-order valence-corrected chi connectivity index (χ0v) is 14.2. The zero-order chi connectivity index (χ0) is 17.6. The molecule has 6 nitrogen and oxygen atoms in total. The van der Waals surface area contributed by atoms with Crippen LogP contribution in [0.25, 0.3) is 0 Å². The van der Waals surface area contributed by atoms with Gasteiger partial charge >= 0.3 is 0 Å². The highest BCUT2D eigenvalue weighted by Crippen LogP contribution is 2.20. The van der Waals surface area contributed by atoms with Gasteiger partial charge in [-0.15, -0.1) is 0 Å². The fraction of sp³-hybridized carbons (Fsp3) is 0.368. The average molecular weight is 342 g/mol. The summed E-state index contributed by atoms with van der Waals surface area (Å²) in [5.41, 5.74) is 0.998. The maximum absolute atomic E-state index is 12.4. The highest BCUT2D eigenvalue weighted by molar-refractivity contribution is 5.91. The quantitative estimate of drug-likeness (QED) is 0.906. The van der Waals surface area contributed by atoms with Gasteiger partial charge in [0, 0.05) is 25.6 Å². The summed E-state index contributed by atoms with van der Waals surface area (Å²) in [4.78, 5) is 26.3. The largest absolute Gasteiger partial charge is 0.497 e. The summed E-state index contributed by atoms with van der Waals surface area (Å²) in [5, 5.41) is 2.98. The number of benzene rings is 1. The first-order chi connectivity index (χ1) is 12.2. The van der Waals surface area contributed by atoms with E-state index >= 15 is 0 Å². The van der Waals surface area contributed by atoms with Gasteiger partial charge in [-0.05, 0) is 42.7 Å². The van der Waals surface area contributed by atoms with Gasteiger partial charge in [0.1, 0.15) is 5.75 Å². The molecular weight excluding hydrogens is 320 g/mol. The predicted octanol–water partition coefficient (Wildman–Crippen LogP) is 2.46. The van der Waals surface area contributed by atoms with Crippen molar-refractivity contribution in [3.05, 3.63) is 54.0 Å². The lowest BCUT2D eigenvalue weighted by Crippen LogP contribution is -2.42. The number of piperidine rings is 1. The van der Waals surface area contributed by atoms with Gasteiger partial charge in [-0.1, -0.05) is 12.1 Å². The lowest BCUT2D eigenvalue weighted by molar-refractivity contribution is -0.126. The van der Waals surface area contributed by atoms with Gasteiger partial charge in [0.25, 0.3) is 5.91 Å². The highest BCUT2D eigenvalue weighted by Gasteiger charge is 2.28. The van der Waals surface area contributed by atoms with E-state index in [-0.39, 0.29) is 17.7 Å². The SMILES string of the molecule is COc1cccc(CNC(=O)C2CCN(C(=O)c3ccco3)CC2)c1. The third-order valence-electron chi connectivity index (χ3n) is 4.49. The van der Waals surface area contributed by atoms with Crippen LogP contribution in [0.15, 0.2) is 47.1 Å². The molecule has 1 N–H and O–H groups in total. The minimum atomic E-state index is -0.111. The van der Waals surface area contributed by atoms with Gasteiger partial charge < -0.3 is 19.4 Å². The average Bonchev–Trinajstić information content (AvgIpc) is 3.20. The van der Waals surface area contributed by atoms with Crippen LogP contribution < -0.4 is 10.1 Å². The Kier molecular flexibility index (Phi) is 5.38. The number of amides is 2. The van der Waals surface area contributed by atoms with Crippen molar-refractivity contribution >= 4 is 11.8 Å². The Balaban J connectivity index is 1.47. The number of nitrogens with zero attached hydrogens (tertiary/aromatic N) is 1. The normalized spacial score (nSPS) is 15.0. The standard InChI is InChI=1S/C19H22N2O4/c1-24-16-5-2-4-14(12-16)13-20-18(22)15-7-9-21(10-8-15)19(23)17-6-3-11-25-17/h2-6,11-12,15H,7-10,13H2,1H3,(H,20,22). The summed E-state index contributed by atoms with van der Waals surface area (Å²) in [7, 11) is 1.62. The summed E-state index contributed by atoms with van der Waals surface area (Å²) >= 11 is 0. The van der Waals surface area contributed by atoms with Crippen molar-refractivity contribution < 1.29 is 18.7 Å². The van der Waals surface area contributed by atoms with Gasteiger partial charge in [0.2, 0.25) is 5.91 Å². The van der Waals surface area contributed by atoms with Crippen molar-refractivity contribution in [1.82, 2.24) is 10.2 Å². The Labute approximate surface area is 146 Å². The van der Waals surface area contributed by atoms with Crippen LogP contribution >= 0.6 is 0 Å². The molecule has 0 radical (unpaired) electrons. The molecule has 1 fully saturated rings. The van der Waals surface area contributed by atoms with Crippen LogP contribution in [0, 0.1) is 5.92 Å². The molecule has 1 aromatic carbocycles. The predicted molar refractivity (Wildman–Crippen MR) is 92.2 cm³/mol. The molecule has 1 aliphatic heterocycles. The molecule has 6 heteroatoms. The number of rotatable bonds is 5. The van der Waals surface area contributed by atoms with E-state index in [1.54, 1.807) is 24.1 Å². The van der Waals surface area contributed by atoms with Crippen molar-refractivity contribution in [2.24, 2.45) is 5.92 Å². The molecule has 1 aliphatic rings. The van der Waals surface area contributed by atoms with Gasteiger partial charge in [-0.2, -0.15) is 0 Å². The zero-order valence-electron chi connectivity index (χ0n) is 14.2. The Morgan fingerprint density at radius 3 is 2.72 bits per heavy atom. The van der Waals surface area contributed by atoms with Crippen molar-refractivity contribution in [2.75, 3.05) is 20.2 Å². The minimum Gasteiger partial charge on any atom is -0.497 e. The molecular formula is C19H22N2O4. The lowest BCUT2D eigenvalue weighted by Gasteiger charge is -2.30. The first-order valence-electron chi connectivity index (χ1n) is 8.41. The van der Waals surface area contributed by atoms with Crippen molar-refractivity contribution in [1.29, 1.82) is 0 Å². The summed E-state index contributed by atoms with van der Waals surface area (Å²) < 4.78 is 10.3. The molecule has 0 saturated carbocycles. The number of carbonyl (C=O) groups is 2. The summed E-state index contributed by atoms with van der Waals surface area (Å²) in [5.74, 6) is 0.983. The van der Waals surface area contributed by atoms with Crippen molar-refractivity contribution in [3.8, 4) is 5.75 Å². The topological polar surface area (TPSA) is 71.8 Å². The number of nitrogens with one attached hydrogen (secondary N) is 1. The third-order valence-corrected chi connectivity index (χ3v) is 4.49. The Morgan fingerprint density at radius 1 is 1.24 bits per heavy atom. The van der Waals surface area contributed by atoms with Crippen LogP contribution in [-0.4, -0.2) is 36.9 Å². The fourth-order valence-electron chi connectivity index (χ4n) is 3.02. The maximum atomic E-state index is 12.4. The Morgan fingerprint density at radius 2 is 2.04 bits per heavy atom. The molecule has 0 unspecified atom stereocenters. The van der Waals surface area contributed by atoms with E-state index in [0.29, 0.717) is 38.2 Å². The monoisotopic (exact) mass is 342 g/mol. The minimum absolute atomic E-state index is 0.0351. The van der Waals surface area contributed by atoms with E-state index in [1.807, 2.05) is 24.3 Å². The van der Waals surface area contributed by atoms with E-state index in [0.717, 1.165) is 11.3 Å². The van der Waals surface area contributed by atoms with Crippen molar-refractivity contribution in [3.63, 3.8) is 0 Å². The Hall–Kier alpha value is -2.76. The molecule has 1 saturated heterocycles. The van der Waals surface area contributed by atoms with Crippen LogP contribution in [0.1, 0.15) is 29.0 Å². The van der Waals surface area contributed by atoms with Crippen LogP contribution in [0.5, 0.6) is 5.75 Å². The number of carbonyl (C=O) groups excluding carboxylic acids is 2. The second kappa shape index (κ2) is 7.88. The fourth-order valence-corrected chi connectivity index (χ4v) is 3.02.